The second kappa shape index (κ2) is 18.5. The third-order valence-electron chi connectivity index (χ3n) is 6.19. The molecule has 0 unspecified atom stereocenters. The number of carbonyl (C=O) groups excluding carboxylic acids is 4. The number of hydrogen-bond donors (Lipinski definition) is 2. The summed E-state index contributed by atoms with van der Waals surface area (Å²) >= 11 is 0. The van der Waals surface area contributed by atoms with Gasteiger partial charge in [-0.05, 0) is 87.4 Å². The molecule has 0 saturated carbocycles. The predicted octanol–water partition coefficient (Wildman–Crippen LogP) is 7.42. The summed E-state index contributed by atoms with van der Waals surface area (Å²) in [6.07, 6.45) is 3.23. The molecule has 0 atom stereocenters. The number of anilines is 2. The van der Waals surface area contributed by atoms with Gasteiger partial charge in [-0.3, -0.25) is 20.2 Å². The van der Waals surface area contributed by atoms with Crippen LogP contribution in [-0.4, -0.2) is 37.3 Å². The quantitative estimate of drug-likeness (QED) is 0.100. The number of unbranched alkanes of at least 4 members (excludes halogenated alkanes) is 4. The Morgan fingerprint density at radius 2 is 1.07 bits per heavy atom. The summed E-state index contributed by atoms with van der Waals surface area (Å²) in [6.45, 7) is 2.23. The number of carbonyl (C=O) groups is 4. The van der Waals surface area contributed by atoms with Gasteiger partial charge in [-0.2, -0.15) is 0 Å². The first-order valence-electron chi connectivity index (χ1n) is 14.4. The van der Waals surface area contributed by atoms with E-state index in [0.29, 0.717) is 61.4 Å². The second-order valence-electron chi connectivity index (χ2n) is 9.75. The third-order valence-corrected chi connectivity index (χ3v) is 6.19. The minimum atomic E-state index is -0.617. The molecule has 0 heterocycles. The minimum Gasteiger partial charge on any atom is -0.449 e. The highest BCUT2D eigenvalue weighted by molar-refractivity contribution is 5.89. The van der Waals surface area contributed by atoms with Crippen LogP contribution in [0, 0.1) is 6.92 Å². The number of para-hydroxylation sites is 2. The molecule has 0 aromatic heterocycles. The molecule has 0 aliphatic heterocycles. The molecule has 0 aliphatic carbocycles. The zero-order valence-electron chi connectivity index (χ0n) is 24.3. The molecule has 2 N–H and O–H groups in total. The number of esters is 2. The van der Waals surface area contributed by atoms with E-state index in [2.05, 4.69) is 10.6 Å². The Kier molecular flexibility index (Phi) is 14.1. The van der Waals surface area contributed by atoms with Gasteiger partial charge in [-0.15, -0.1) is 0 Å². The monoisotopic (exact) mass is 590 g/mol. The normalized spacial score (nSPS) is 10.3. The van der Waals surface area contributed by atoms with Gasteiger partial charge >= 0.3 is 24.1 Å². The van der Waals surface area contributed by atoms with Crippen molar-refractivity contribution in [3.8, 4) is 11.5 Å². The van der Waals surface area contributed by atoms with Crippen LogP contribution in [0.2, 0.25) is 0 Å². The maximum Gasteiger partial charge on any atom is 0.411 e. The van der Waals surface area contributed by atoms with E-state index in [1.165, 1.54) is 0 Å². The van der Waals surface area contributed by atoms with Gasteiger partial charge in [0, 0.05) is 24.2 Å². The first-order chi connectivity index (χ1) is 20.9. The van der Waals surface area contributed by atoms with E-state index in [-0.39, 0.29) is 38.0 Å². The van der Waals surface area contributed by atoms with E-state index in [1.807, 2.05) is 19.1 Å². The van der Waals surface area contributed by atoms with E-state index >= 15 is 0 Å². The Bertz CT molecular complexity index is 1310. The number of aryl methyl sites for hydroxylation is 1. The summed E-state index contributed by atoms with van der Waals surface area (Å²) in [4.78, 5) is 48.2. The maximum absolute atomic E-state index is 12.3. The molecule has 2 amide bonds. The summed E-state index contributed by atoms with van der Waals surface area (Å²) in [5.74, 6) is 0.448. The van der Waals surface area contributed by atoms with Gasteiger partial charge in [0.2, 0.25) is 0 Å². The molecule has 0 spiro atoms. The largest absolute Gasteiger partial charge is 0.449 e. The van der Waals surface area contributed by atoms with Crippen molar-refractivity contribution in [2.45, 2.75) is 58.3 Å². The number of hydrogen-bond acceptors (Lipinski definition) is 8. The molecule has 3 rings (SSSR count). The topological polar surface area (TPSA) is 129 Å². The molecule has 0 aliphatic rings. The maximum atomic E-state index is 12.3. The van der Waals surface area contributed by atoms with E-state index in [0.717, 1.165) is 5.56 Å². The molecule has 0 saturated heterocycles. The van der Waals surface area contributed by atoms with Crippen LogP contribution in [-0.2, 0) is 19.1 Å². The van der Waals surface area contributed by atoms with Crippen LogP contribution in [0.1, 0.15) is 56.9 Å². The average Bonchev–Trinajstić information content (AvgIpc) is 2.99. The Balaban J connectivity index is 1.25. The van der Waals surface area contributed by atoms with Crippen molar-refractivity contribution in [1.29, 1.82) is 0 Å². The van der Waals surface area contributed by atoms with Crippen molar-refractivity contribution in [3.05, 3.63) is 84.4 Å². The molecule has 3 aromatic carbocycles. The van der Waals surface area contributed by atoms with Crippen molar-refractivity contribution in [2.75, 3.05) is 23.8 Å². The van der Waals surface area contributed by atoms with Crippen LogP contribution < -0.4 is 20.1 Å². The molecule has 10 nitrogen and oxygen atoms in total. The predicted molar refractivity (Wildman–Crippen MR) is 162 cm³/mol. The molecule has 3 aromatic rings. The van der Waals surface area contributed by atoms with E-state index in [1.54, 1.807) is 66.7 Å². The van der Waals surface area contributed by atoms with Gasteiger partial charge in [-0.1, -0.05) is 42.5 Å². The molecule has 10 heteroatoms. The van der Waals surface area contributed by atoms with Crippen LogP contribution in [0.15, 0.2) is 78.9 Å². The van der Waals surface area contributed by atoms with Gasteiger partial charge in [0.1, 0.15) is 11.5 Å². The van der Waals surface area contributed by atoms with Crippen molar-refractivity contribution in [3.63, 3.8) is 0 Å². The minimum absolute atomic E-state index is 0.205. The molecule has 0 radical (unpaired) electrons. The summed E-state index contributed by atoms with van der Waals surface area (Å²) in [7, 11) is 0. The molecule has 0 bridgehead atoms. The lowest BCUT2D eigenvalue weighted by molar-refractivity contribution is -0.135. The molecule has 228 valence electrons. The molecular weight excluding hydrogens is 552 g/mol. The summed E-state index contributed by atoms with van der Waals surface area (Å²) in [5.41, 5.74) is 1.74. The summed E-state index contributed by atoms with van der Waals surface area (Å²) < 4.78 is 21.0. The second-order valence-corrected chi connectivity index (χ2v) is 9.75. The standard InChI is InChI=1S/C33H38N2O8/c1-25-20-21-26(34-32(38)40-22-12-4-10-18-30(36)42-27-14-6-2-7-15-27)24-29(25)35-33(39)41-23-13-5-11-19-31(37)43-28-16-8-3-9-17-28/h2-3,6-9,14-17,20-21,24H,4-5,10-13,18-19,22-23H2,1H3,(H,34,38)(H,35,39). The van der Waals surface area contributed by atoms with Crippen LogP contribution in [0.5, 0.6) is 11.5 Å². The molecular formula is C33H38N2O8. The van der Waals surface area contributed by atoms with Gasteiger partial charge in [0.05, 0.1) is 13.2 Å². The van der Waals surface area contributed by atoms with Gasteiger partial charge in [-0.25, -0.2) is 9.59 Å². The van der Waals surface area contributed by atoms with Crippen LogP contribution in [0.4, 0.5) is 21.0 Å². The van der Waals surface area contributed by atoms with Gasteiger partial charge in [0.25, 0.3) is 0 Å². The fraction of sp³-hybridized carbons (Fsp3) is 0.333. The molecule has 0 fully saturated rings. The Morgan fingerprint density at radius 1 is 0.581 bits per heavy atom. The zero-order chi connectivity index (χ0) is 30.7. The van der Waals surface area contributed by atoms with Crippen LogP contribution in [0.25, 0.3) is 0 Å². The van der Waals surface area contributed by atoms with Crippen molar-refractivity contribution in [1.82, 2.24) is 0 Å². The summed E-state index contributed by atoms with van der Waals surface area (Å²) in [6, 6.07) is 22.9. The molecule has 43 heavy (non-hydrogen) atoms. The Hall–Kier alpha value is -4.86. The number of nitrogens with one attached hydrogen (secondary N) is 2. The van der Waals surface area contributed by atoms with Crippen molar-refractivity contribution >= 4 is 35.5 Å². The number of benzene rings is 3. The lowest BCUT2D eigenvalue weighted by Gasteiger charge is -2.12. The highest BCUT2D eigenvalue weighted by Crippen LogP contribution is 2.21. The highest BCUT2D eigenvalue weighted by Gasteiger charge is 2.10. The Labute approximate surface area is 251 Å². The lowest BCUT2D eigenvalue weighted by atomic mass is 10.2. The number of ether oxygens (including phenoxy) is 4. The zero-order valence-corrected chi connectivity index (χ0v) is 24.3. The van der Waals surface area contributed by atoms with Crippen LogP contribution in [0.3, 0.4) is 0 Å². The first-order valence-corrected chi connectivity index (χ1v) is 14.4. The fourth-order valence-corrected chi connectivity index (χ4v) is 3.90. The number of rotatable bonds is 16. The summed E-state index contributed by atoms with van der Waals surface area (Å²) in [5, 5.41) is 5.33. The average molecular weight is 591 g/mol. The van der Waals surface area contributed by atoms with Crippen LogP contribution >= 0.6 is 0 Å². The lowest BCUT2D eigenvalue weighted by Crippen LogP contribution is -2.17. The fourth-order valence-electron chi connectivity index (χ4n) is 3.90. The first kappa shape index (κ1) is 32.7. The van der Waals surface area contributed by atoms with E-state index in [9.17, 15) is 19.2 Å². The Morgan fingerprint density at radius 3 is 1.58 bits per heavy atom. The number of amides is 2. The van der Waals surface area contributed by atoms with Gasteiger partial charge < -0.3 is 18.9 Å². The van der Waals surface area contributed by atoms with Gasteiger partial charge in [0.15, 0.2) is 0 Å². The SMILES string of the molecule is Cc1ccc(NC(=O)OCCCCCC(=O)Oc2ccccc2)cc1NC(=O)OCCCCCC(=O)Oc1ccccc1. The third kappa shape index (κ3) is 13.6. The highest BCUT2D eigenvalue weighted by atomic mass is 16.6. The van der Waals surface area contributed by atoms with Crippen molar-refractivity contribution in [2.24, 2.45) is 0 Å². The smallest absolute Gasteiger partial charge is 0.411 e. The van der Waals surface area contributed by atoms with E-state index in [4.69, 9.17) is 18.9 Å². The van der Waals surface area contributed by atoms with Crippen molar-refractivity contribution < 1.29 is 38.1 Å². The van der Waals surface area contributed by atoms with E-state index < -0.39 is 12.2 Å².